The second-order valence-corrected chi connectivity index (χ2v) is 53.8. The molecule has 96 heavy (non-hydrogen) atoms. The maximum atomic E-state index is 12.4. The summed E-state index contributed by atoms with van der Waals surface area (Å²) in [6, 6.07) is 14.8. The van der Waals surface area contributed by atoms with Gasteiger partial charge in [-0.05, 0) is 132 Å². The fourth-order valence-electron chi connectivity index (χ4n) is 11.9. The van der Waals surface area contributed by atoms with Gasteiger partial charge in [-0.2, -0.15) is 0 Å². The summed E-state index contributed by atoms with van der Waals surface area (Å²) in [5, 5.41) is 11.1. The van der Waals surface area contributed by atoms with Crippen LogP contribution >= 0.6 is 0 Å². The number of carbonyl (C=O) groups excluding carboxylic acids is 3. The van der Waals surface area contributed by atoms with Gasteiger partial charge in [0.25, 0.3) is 0 Å². The Labute approximate surface area is 585 Å². The number of hydrogen-bond acceptors (Lipinski definition) is 15. The molecular weight excluding hydrogens is 1270 g/mol. The van der Waals surface area contributed by atoms with Crippen LogP contribution in [0.5, 0.6) is 11.5 Å². The summed E-state index contributed by atoms with van der Waals surface area (Å²) >= 11 is 0. The van der Waals surface area contributed by atoms with Crippen molar-refractivity contribution in [3.63, 3.8) is 0 Å². The summed E-state index contributed by atoms with van der Waals surface area (Å²) in [4.78, 5) is 39.0. The summed E-state index contributed by atoms with van der Waals surface area (Å²) in [7, 11) is -1.23. The number of aryl methyl sites for hydroxylation is 2. The predicted octanol–water partition coefficient (Wildman–Crippen LogP) is 16.2. The van der Waals surface area contributed by atoms with Gasteiger partial charge in [-0.15, -0.1) is 23.7 Å². The molecule has 6 rings (SSSR count). The lowest BCUT2D eigenvalue weighted by molar-refractivity contribution is -0.144. The molecule has 0 radical (unpaired) electrons. The first-order chi connectivity index (χ1) is 44.6. The normalized spacial score (nSPS) is 21.9. The first kappa shape index (κ1) is 83.9. The highest BCUT2D eigenvalue weighted by Gasteiger charge is 2.54. The number of para-hydroxylation sites is 2. The van der Waals surface area contributed by atoms with Crippen molar-refractivity contribution < 1.29 is 56.8 Å². The highest BCUT2D eigenvalue weighted by Crippen LogP contribution is 2.56. The second kappa shape index (κ2) is 37.8. The number of methoxy groups -OCH3 is 1. The molecule has 2 saturated carbocycles. The van der Waals surface area contributed by atoms with E-state index in [-0.39, 0.29) is 88.1 Å². The van der Waals surface area contributed by atoms with E-state index in [1.807, 2.05) is 53.9 Å². The zero-order valence-corrected chi connectivity index (χ0v) is 67.6. The van der Waals surface area contributed by atoms with Crippen molar-refractivity contribution in [1.29, 1.82) is 0 Å². The van der Waals surface area contributed by atoms with Crippen LogP contribution in [0.3, 0.4) is 0 Å². The lowest BCUT2D eigenvalue weighted by Crippen LogP contribution is -2.45. The molecule has 2 aliphatic heterocycles. The summed E-state index contributed by atoms with van der Waals surface area (Å²) in [5.74, 6) is 14.3. The quantitative estimate of drug-likeness (QED) is 0.0166. The van der Waals surface area contributed by atoms with Gasteiger partial charge in [0.15, 0.2) is 16.6 Å². The second-order valence-electron chi connectivity index (χ2n) is 33.0. The third-order valence-electron chi connectivity index (χ3n) is 20.0. The lowest BCUT2D eigenvalue weighted by atomic mass is 9.86. The van der Waals surface area contributed by atoms with Gasteiger partial charge < -0.3 is 58.7 Å². The molecule has 0 bridgehead atoms. The van der Waals surface area contributed by atoms with Crippen molar-refractivity contribution in [2.45, 2.75) is 282 Å². The molecule has 5 N–H and O–H groups in total. The van der Waals surface area contributed by atoms with Gasteiger partial charge in [-0.1, -0.05) is 149 Å². The highest BCUT2D eigenvalue weighted by atomic mass is 28.4. The number of nitrogens with zero attached hydrogens (tertiary/aromatic N) is 1. The van der Waals surface area contributed by atoms with Gasteiger partial charge in [-0.3, -0.25) is 9.59 Å². The fraction of sp³-hybridized carbons (Fsp3) is 0.701. The van der Waals surface area contributed by atoms with Gasteiger partial charge in [0.05, 0.1) is 44.8 Å². The maximum absolute atomic E-state index is 12.4. The standard InChI is InChI=1S/C37H58O7Si2.C35H56O5Si2.C5H15N3/c1-12-13-16-26(2)30(43-36(39)40-6)22-21-28-31(44-46(10,11)37(3,4)5)25-32-34(28)29-19-14-17-27(35(29)42-32)18-15-20-33(38)41-23-24-45(7,8)9;1-11-12-15-25(2)29(36)21-20-27-30(40-42(9,10)35(3,4)5)24-31-33(27)28-18-13-16-26(34(28)39-31)17-14-19-32(37)38-22-23-41(6,7)8;1-8(2)4-3-5(6)7/h14,17,19,21-22,26,28,30-32,34H,15-16,18,20,23-25H2,1-11H3;13,16,18,20-21,25,27,29-31,33,36H,14-15,17,19,22-24H2,1-10H3;5H,3-4,6-7H2,1-2H3/b22-21+;21-20+;/t26-,28-,30+,31+,32-,34-;25-,27-,29+,30+,31-,33-;/m00./s1. The molecule has 2 aliphatic carbocycles. The molecule has 2 aromatic rings. The Kier molecular flexibility index (Phi) is 33.0. The van der Waals surface area contributed by atoms with Crippen molar-refractivity contribution >= 4 is 50.9 Å². The van der Waals surface area contributed by atoms with Crippen molar-refractivity contribution in [3.8, 4) is 35.2 Å². The summed E-state index contributed by atoms with van der Waals surface area (Å²) < 4.78 is 49.1. The molecule has 0 spiro atoms. The van der Waals surface area contributed by atoms with Crippen molar-refractivity contribution in [2.75, 3.05) is 41.0 Å². The number of ether oxygens (including phenoxy) is 6. The molecule has 19 heteroatoms. The van der Waals surface area contributed by atoms with Crippen LogP contribution in [0.25, 0.3) is 0 Å². The molecule has 4 aliphatic rings. The first-order valence-corrected chi connectivity index (χ1v) is 48.8. The number of aliphatic hydroxyl groups excluding tert-OH is 1. The minimum Gasteiger partial charge on any atom is -0.489 e. The number of nitrogens with two attached hydrogens (primary N) is 2. The van der Waals surface area contributed by atoms with E-state index in [0.29, 0.717) is 45.3 Å². The number of rotatable bonds is 30. The largest absolute Gasteiger partial charge is 0.508 e. The molecule has 2 heterocycles. The monoisotopic (exact) mass is 1400 g/mol. The van der Waals surface area contributed by atoms with Crippen LogP contribution < -0.4 is 20.9 Å². The van der Waals surface area contributed by atoms with E-state index in [0.717, 1.165) is 79.8 Å². The average Bonchev–Trinajstić information content (AvgIpc) is 1.59. The van der Waals surface area contributed by atoms with E-state index in [1.165, 1.54) is 18.2 Å². The van der Waals surface area contributed by atoms with Gasteiger partial charge in [0.1, 0.15) is 29.8 Å². The molecule has 12 atom stereocenters. The molecule has 0 unspecified atom stereocenters. The number of esters is 2. The van der Waals surface area contributed by atoms with Crippen LogP contribution in [0.4, 0.5) is 4.79 Å². The minimum absolute atomic E-state index is 0.0132. The Hall–Kier alpha value is -4.52. The van der Waals surface area contributed by atoms with Crippen LogP contribution in [-0.4, -0.2) is 145 Å². The smallest absolute Gasteiger partial charge is 0.489 e. The summed E-state index contributed by atoms with van der Waals surface area (Å²) in [6.07, 6.45) is 14.1. The van der Waals surface area contributed by atoms with E-state index in [9.17, 15) is 19.5 Å². The van der Waals surface area contributed by atoms with E-state index >= 15 is 0 Å². The molecular formula is C77H129N3O12Si4. The van der Waals surface area contributed by atoms with Gasteiger partial charge in [-0.25, -0.2) is 4.79 Å². The van der Waals surface area contributed by atoms with Crippen LogP contribution in [0.1, 0.15) is 161 Å². The third-order valence-corrected chi connectivity index (χ3v) is 32.4. The van der Waals surface area contributed by atoms with Gasteiger partial charge in [0.2, 0.25) is 0 Å². The Morgan fingerprint density at radius 3 is 1.45 bits per heavy atom. The average molecular weight is 1400 g/mol. The van der Waals surface area contributed by atoms with Gasteiger partial charge in [0, 0.05) is 102 Å². The van der Waals surface area contributed by atoms with Crippen LogP contribution in [0, 0.1) is 47.4 Å². The Morgan fingerprint density at radius 2 is 1.08 bits per heavy atom. The number of aliphatic hydroxyl groups is 1. The number of fused-ring (bicyclic) bond motifs is 6. The number of hydrogen-bond donors (Lipinski definition) is 3. The van der Waals surface area contributed by atoms with E-state index in [2.05, 4.69) is 184 Å². The highest BCUT2D eigenvalue weighted by molar-refractivity contribution is 6.76. The molecule has 2 fully saturated rings. The number of benzene rings is 2. The molecule has 0 aromatic heterocycles. The Morgan fingerprint density at radius 1 is 0.667 bits per heavy atom. The third kappa shape index (κ3) is 26.5. The zero-order chi connectivity index (χ0) is 72.1. The summed E-state index contributed by atoms with van der Waals surface area (Å²) in [5.41, 5.74) is 15.3. The minimum atomic E-state index is -2.09. The summed E-state index contributed by atoms with van der Waals surface area (Å²) in [6.45, 7) is 46.3. The number of carbonyl (C=O) groups is 3. The van der Waals surface area contributed by atoms with E-state index in [1.54, 1.807) is 0 Å². The van der Waals surface area contributed by atoms with Crippen molar-refractivity contribution in [3.05, 3.63) is 83.0 Å². The molecule has 2 aromatic carbocycles. The molecule has 0 saturated heterocycles. The van der Waals surface area contributed by atoms with Crippen LogP contribution in [-0.2, 0) is 50.2 Å². The van der Waals surface area contributed by atoms with Crippen molar-refractivity contribution in [2.24, 2.45) is 35.1 Å². The Bertz CT molecular complexity index is 2960. The predicted molar refractivity (Wildman–Crippen MR) is 403 cm³/mol. The molecule has 15 nitrogen and oxygen atoms in total. The fourth-order valence-corrected chi connectivity index (χ4v) is 16.1. The Balaban J connectivity index is 0.000000367. The van der Waals surface area contributed by atoms with Crippen molar-refractivity contribution in [1.82, 2.24) is 4.90 Å². The van der Waals surface area contributed by atoms with E-state index < -0.39 is 51.1 Å². The van der Waals surface area contributed by atoms with E-state index in [4.69, 9.17) is 48.7 Å². The van der Waals surface area contributed by atoms with Crippen LogP contribution in [0.2, 0.25) is 87.6 Å². The topological polar surface area (TPSA) is 201 Å². The van der Waals surface area contributed by atoms with Gasteiger partial charge >= 0.3 is 18.1 Å². The maximum Gasteiger partial charge on any atom is 0.508 e. The lowest BCUT2D eigenvalue weighted by Gasteiger charge is -2.40. The SMILES string of the molecule is CC#CC[C@H](C)[C@@H](/C=C/[C@@H]1[C@H]2c3cccc(CCCC(=O)OCC[Si](C)(C)C)c3O[C@H]2C[C@H]1O[Si](C)(C)C(C)(C)C)OC(=O)OC.CC#CC[C@H](C)[C@H](O)/C=C/[C@@H]1[C@H]2c3cccc(CCCC(=O)OCC[Si](C)(C)C)c3O[C@H]2C[C@H]1O[Si](C)(C)C(C)(C)C.CN(C)CCC(N)N. The molecule has 0 amide bonds. The van der Waals surface area contributed by atoms with Crippen LogP contribution in [0.15, 0.2) is 60.7 Å². The first-order valence-electron chi connectivity index (χ1n) is 35.6. The zero-order valence-electron chi connectivity index (χ0n) is 63.6. The molecule has 540 valence electrons.